The number of hydrogen-bond donors (Lipinski definition) is 1. The molecule has 3 nitrogen and oxygen atoms in total. The molecule has 2 aromatic carbocycles. The van der Waals surface area contributed by atoms with Gasteiger partial charge in [0.25, 0.3) is 0 Å². The summed E-state index contributed by atoms with van der Waals surface area (Å²) in [4.78, 5) is 11.8. The molecule has 0 saturated heterocycles. The zero-order valence-corrected chi connectivity index (χ0v) is 12.4. The van der Waals surface area contributed by atoms with Crippen LogP contribution in [0.2, 0.25) is 0 Å². The van der Waals surface area contributed by atoms with Gasteiger partial charge in [0, 0.05) is 0 Å². The van der Waals surface area contributed by atoms with Crippen molar-refractivity contribution >= 4 is 5.97 Å². The summed E-state index contributed by atoms with van der Waals surface area (Å²) in [5.41, 5.74) is 3.49. The lowest BCUT2D eigenvalue weighted by molar-refractivity contribution is 0.0599. The van der Waals surface area contributed by atoms with E-state index in [4.69, 9.17) is 4.74 Å². The molecule has 2 aromatic rings. The number of carbonyl (C=O) groups excluding carboxylic acids is 1. The van der Waals surface area contributed by atoms with Crippen LogP contribution in [0.15, 0.2) is 42.5 Å². The minimum Gasteiger partial charge on any atom is -0.508 e. The van der Waals surface area contributed by atoms with Crippen LogP contribution in [-0.4, -0.2) is 18.2 Å². The maximum atomic E-state index is 11.8. The third kappa shape index (κ3) is 3.43. The van der Waals surface area contributed by atoms with Gasteiger partial charge in [-0.15, -0.1) is 0 Å². The molecule has 0 unspecified atom stereocenters. The van der Waals surface area contributed by atoms with Crippen molar-refractivity contribution in [3.8, 4) is 5.75 Å². The fourth-order valence-electron chi connectivity index (χ4n) is 2.51. The zero-order chi connectivity index (χ0) is 15.2. The average Bonchev–Trinajstić information content (AvgIpc) is 2.50. The molecule has 0 aliphatic carbocycles. The molecule has 0 saturated carbocycles. The number of phenols is 1. The molecule has 0 radical (unpaired) electrons. The van der Waals surface area contributed by atoms with Gasteiger partial charge in [0.15, 0.2) is 0 Å². The van der Waals surface area contributed by atoms with Crippen LogP contribution in [0.3, 0.4) is 0 Å². The van der Waals surface area contributed by atoms with Crippen molar-refractivity contribution in [2.24, 2.45) is 0 Å². The van der Waals surface area contributed by atoms with E-state index in [9.17, 15) is 9.90 Å². The quantitative estimate of drug-likeness (QED) is 0.851. The molecule has 110 valence electrons. The number of benzene rings is 2. The molecule has 0 amide bonds. The topological polar surface area (TPSA) is 46.5 Å². The number of hydrogen-bond acceptors (Lipinski definition) is 3. The van der Waals surface area contributed by atoms with E-state index in [1.165, 1.54) is 7.11 Å². The van der Waals surface area contributed by atoms with E-state index in [0.29, 0.717) is 17.7 Å². The minimum absolute atomic E-state index is 0.324. The van der Waals surface area contributed by atoms with Crippen molar-refractivity contribution in [3.05, 3.63) is 64.7 Å². The number of ether oxygens (including phenoxy) is 1. The van der Waals surface area contributed by atoms with Gasteiger partial charge < -0.3 is 9.84 Å². The second kappa shape index (κ2) is 6.93. The molecule has 21 heavy (non-hydrogen) atoms. The average molecular weight is 284 g/mol. The first-order chi connectivity index (χ1) is 10.2. The van der Waals surface area contributed by atoms with Gasteiger partial charge in [-0.3, -0.25) is 0 Å². The molecular formula is C18H20O3. The lowest BCUT2D eigenvalue weighted by Crippen LogP contribution is -2.07. The highest BCUT2D eigenvalue weighted by Crippen LogP contribution is 2.26. The molecule has 0 aliphatic rings. The van der Waals surface area contributed by atoms with E-state index in [1.54, 1.807) is 12.1 Å². The molecule has 0 heterocycles. The Labute approximate surface area is 125 Å². The van der Waals surface area contributed by atoms with Crippen LogP contribution in [0.5, 0.6) is 5.75 Å². The van der Waals surface area contributed by atoms with Crippen molar-refractivity contribution in [2.45, 2.75) is 26.2 Å². The first kappa shape index (κ1) is 15.1. The van der Waals surface area contributed by atoms with Crippen molar-refractivity contribution in [3.63, 3.8) is 0 Å². The molecule has 0 fully saturated rings. The van der Waals surface area contributed by atoms with Crippen LogP contribution in [0.4, 0.5) is 0 Å². The Hall–Kier alpha value is -2.29. The summed E-state index contributed by atoms with van der Waals surface area (Å²) in [6, 6.07) is 13.0. The van der Waals surface area contributed by atoms with Gasteiger partial charge >= 0.3 is 5.97 Å². The third-order valence-corrected chi connectivity index (χ3v) is 3.55. The smallest absolute Gasteiger partial charge is 0.338 e. The third-order valence-electron chi connectivity index (χ3n) is 3.55. The van der Waals surface area contributed by atoms with Gasteiger partial charge in [-0.05, 0) is 41.7 Å². The summed E-state index contributed by atoms with van der Waals surface area (Å²) in [7, 11) is 1.38. The monoisotopic (exact) mass is 284 g/mol. The van der Waals surface area contributed by atoms with Crippen molar-refractivity contribution < 1.29 is 14.6 Å². The maximum absolute atomic E-state index is 11.8. The van der Waals surface area contributed by atoms with Crippen molar-refractivity contribution in [1.82, 2.24) is 0 Å². The normalized spacial score (nSPS) is 10.4. The Morgan fingerprint density at radius 1 is 1.10 bits per heavy atom. The Balaban J connectivity index is 2.39. The number of phenolic OH excluding ortho intramolecular Hbond substituents is 1. The Bertz CT molecular complexity index is 632. The van der Waals surface area contributed by atoms with Crippen LogP contribution in [0.25, 0.3) is 0 Å². The van der Waals surface area contributed by atoms with Crippen LogP contribution < -0.4 is 0 Å². The molecule has 0 spiro atoms. The first-order valence-electron chi connectivity index (χ1n) is 7.13. The van der Waals surface area contributed by atoms with E-state index in [0.717, 1.165) is 29.5 Å². The predicted octanol–water partition coefficient (Wildman–Crippen LogP) is 3.72. The van der Waals surface area contributed by atoms with Crippen LogP contribution in [0, 0.1) is 0 Å². The van der Waals surface area contributed by atoms with Crippen molar-refractivity contribution in [2.75, 3.05) is 7.11 Å². The number of esters is 1. The summed E-state index contributed by atoms with van der Waals surface area (Å²) >= 11 is 0. The summed E-state index contributed by atoms with van der Waals surface area (Å²) in [6.45, 7) is 2.08. The fourth-order valence-corrected chi connectivity index (χ4v) is 2.51. The lowest BCUT2D eigenvalue weighted by Gasteiger charge is -2.13. The first-order valence-corrected chi connectivity index (χ1v) is 7.13. The molecular weight excluding hydrogens is 264 g/mol. The van der Waals surface area contributed by atoms with E-state index in [2.05, 4.69) is 6.92 Å². The van der Waals surface area contributed by atoms with Gasteiger partial charge in [-0.25, -0.2) is 4.79 Å². The fraction of sp³-hybridized carbons (Fsp3) is 0.278. The van der Waals surface area contributed by atoms with Gasteiger partial charge in [0.1, 0.15) is 5.75 Å². The van der Waals surface area contributed by atoms with E-state index < -0.39 is 0 Å². The summed E-state index contributed by atoms with van der Waals surface area (Å²) in [6.07, 6.45) is 2.39. The summed E-state index contributed by atoms with van der Waals surface area (Å²) < 4.78 is 4.83. The highest BCUT2D eigenvalue weighted by molar-refractivity contribution is 5.91. The highest BCUT2D eigenvalue weighted by atomic mass is 16.5. The van der Waals surface area contributed by atoms with Gasteiger partial charge in [-0.1, -0.05) is 43.7 Å². The largest absolute Gasteiger partial charge is 0.508 e. The Kier molecular flexibility index (Phi) is 4.99. The molecule has 1 N–H and O–H groups in total. The number of methoxy groups -OCH3 is 1. The second-order valence-electron chi connectivity index (χ2n) is 4.99. The van der Waals surface area contributed by atoms with E-state index in [1.807, 2.05) is 30.3 Å². The minimum atomic E-state index is -0.331. The number of aromatic hydroxyl groups is 1. The SMILES string of the molecule is CCCc1c(O)cccc1Cc1ccccc1C(=O)OC. The summed E-state index contributed by atoms with van der Waals surface area (Å²) in [5.74, 6) is -0.00677. The van der Waals surface area contributed by atoms with Crippen LogP contribution >= 0.6 is 0 Å². The molecule has 0 atom stereocenters. The van der Waals surface area contributed by atoms with Gasteiger partial charge in [0.05, 0.1) is 12.7 Å². The van der Waals surface area contributed by atoms with Crippen molar-refractivity contribution in [1.29, 1.82) is 0 Å². The molecule has 0 bridgehead atoms. The second-order valence-corrected chi connectivity index (χ2v) is 4.99. The van der Waals surface area contributed by atoms with E-state index in [-0.39, 0.29) is 5.97 Å². The Morgan fingerprint density at radius 2 is 1.81 bits per heavy atom. The number of carbonyl (C=O) groups is 1. The highest BCUT2D eigenvalue weighted by Gasteiger charge is 2.14. The van der Waals surface area contributed by atoms with Gasteiger partial charge in [0.2, 0.25) is 0 Å². The van der Waals surface area contributed by atoms with Gasteiger partial charge in [-0.2, -0.15) is 0 Å². The van der Waals surface area contributed by atoms with E-state index >= 15 is 0 Å². The molecule has 3 heteroatoms. The standard InChI is InChI=1S/C18H20O3/c1-3-7-15-13(9-6-11-17(15)19)12-14-8-4-5-10-16(14)18(20)21-2/h4-6,8-11,19H,3,7,12H2,1-2H3. The molecule has 2 rings (SSSR count). The van der Waals surface area contributed by atoms with Crippen LogP contribution in [-0.2, 0) is 17.6 Å². The molecule has 0 aromatic heterocycles. The maximum Gasteiger partial charge on any atom is 0.338 e. The number of rotatable bonds is 5. The summed E-state index contributed by atoms with van der Waals surface area (Å²) in [5, 5.41) is 10.0. The zero-order valence-electron chi connectivity index (χ0n) is 12.4. The Morgan fingerprint density at radius 3 is 2.52 bits per heavy atom. The lowest BCUT2D eigenvalue weighted by atomic mass is 9.94. The van der Waals surface area contributed by atoms with Crippen LogP contribution in [0.1, 0.15) is 40.4 Å². The molecule has 0 aliphatic heterocycles. The predicted molar refractivity (Wildman–Crippen MR) is 82.7 cm³/mol.